The average Bonchev–Trinajstić information content (AvgIpc) is 3.24. The van der Waals surface area contributed by atoms with Gasteiger partial charge in [0.2, 0.25) is 0 Å². The summed E-state index contributed by atoms with van der Waals surface area (Å²) in [4.78, 5) is 32.9. The fraction of sp³-hybridized carbons (Fsp3) is 0.208. The number of Topliss-reactive ketones (excluding diaryl/α,β-unsaturated/α-hetero) is 1. The number of aromatic nitrogens is 1. The van der Waals surface area contributed by atoms with Gasteiger partial charge < -0.3 is 14.9 Å². The third kappa shape index (κ3) is 3.73. The van der Waals surface area contributed by atoms with Gasteiger partial charge in [-0.1, -0.05) is 12.1 Å². The lowest BCUT2D eigenvalue weighted by molar-refractivity contribution is -0.132. The molecular weight excluding hydrogens is 428 g/mol. The Kier molecular flexibility index (Phi) is 5.71. The van der Waals surface area contributed by atoms with Gasteiger partial charge >= 0.3 is 5.91 Å². The Morgan fingerprint density at radius 2 is 1.88 bits per heavy atom. The van der Waals surface area contributed by atoms with Gasteiger partial charge in [0.25, 0.3) is 5.78 Å². The van der Waals surface area contributed by atoms with Crippen LogP contribution in [0.15, 0.2) is 54.1 Å². The van der Waals surface area contributed by atoms with Crippen LogP contribution in [0.5, 0.6) is 11.5 Å². The molecule has 0 spiro atoms. The zero-order chi connectivity index (χ0) is 23.0. The van der Waals surface area contributed by atoms with Gasteiger partial charge in [0.05, 0.1) is 23.9 Å². The van der Waals surface area contributed by atoms with Crippen molar-refractivity contribution in [1.29, 1.82) is 0 Å². The first-order valence-electron chi connectivity index (χ1n) is 10.1. The lowest BCUT2D eigenvalue weighted by atomic mass is 9.95. The van der Waals surface area contributed by atoms with E-state index in [4.69, 9.17) is 4.74 Å². The van der Waals surface area contributed by atoms with E-state index in [0.717, 1.165) is 10.6 Å². The Morgan fingerprint density at radius 1 is 1.16 bits per heavy atom. The molecule has 1 fully saturated rings. The largest absolute Gasteiger partial charge is 0.508 e. The summed E-state index contributed by atoms with van der Waals surface area (Å²) < 4.78 is 5.43. The van der Waals surface area contributed by atoms with Gasteiger partial charge in [-0.25, -0.2) is 4.98 Å². The van der Waals surface area contributed by atoms with Crippen LogP contribution in [0.3, 0.4) is 0 Å². The van der Waals surface area contributed by atoms with Crippen LogP contribution < -0.4 is 9.64 Å². The number of hydrogen-bond acceptors (Lipinski definition) is 7. The van der Waals surface area contributed by atoms with E-state index in [9.17, 15) is 19.8 Å². The number of thiazole rings is 1. The second-order valence-corrected chi connectivity index (χ2v) is 8.54. The smallest absolute Gasteiger partial charge is 0.301 e. The van der Waals surface area contributed by atoms with Crippen LogP contribution in [-0.2, 0) is 9.59 Å². The monoisotopic (exact) mass is 450 g/mol. The number of ketones is 1. The van der Waals surface area contributed by atoms with Gasteiger partial charge in [-0.3, -0.25) is 14.5 Å². The summed E-state index contributed by atoms with van der Waals surface area (Å²) in [6.07, 6.45) is 0. The summed E-state index contributed by atoms with van der Waals surface area (Å²) in [6.45, 7) is 6.08. The number of carbonyl (C=O) groups is 2. The van der Waals surface area contributed by atoms with E-state index in [1.165, 1.54) is 28.4 Å². The molecule has 4 rings (SSSR count). The second kappa shape index (κ2) is 8.47. The predicted molar refractivity (Wildman–Crippen MR) is 122 cm³/mol. The summed E-state index contributed by atoms with van der Waals surface area (Å²) >= 11 is 1.30. The standard InChI is InChI=1S/C24H22N2O5S/c1-4-31-18-10-8-15(9-11-18)21(28)19-20(16-6-5-7-17(27)12-16)26(23(30)22(19)29)24-25-13(2)14(3)32-24/h5-12,20,27-28H,4H2,1-3H3/t20-/m1/s1. The number of amides is 1. The predicted octanol–water partition coefficient (Wildman–Crippen LogP) is 4.49. The molecule has 1 aliphatic heterocycles. The number of hydrogen-bond donors (Lipinski definition) is 2. The molecule has 32 heavy (non-hydrogen) atoms. The number of aliphatic hydroxyl groups is 1. The first kappa shape index (κ1) is 21.6. The van der Waals surface area contributed by atoms with Gasteiger partial charge in [-0.15, -0.1) is 11.3 Å². The molecule has 3 aromatic rings. The minimum absolute atomic E-state index is 0.0133. The number of carbonyl (C=O) groups excluding carboxylic acids is 2. The Morgan fingerprint density at radius 3 is 2.47 bits per heavy atom. The van der Waals surface area contributed by atoms with Crippen LogP contribution in [-0.4, -0.2) is 33.5 Å². The number of phenols is 1. The molecule has 0 saturated carbocycles. The molecule has 2 N–H and O–H groups in total. The van der Waals surface area contributed by atoms with Gasteiger partial charge in [-0.2, -0.15) is 0 Å². The van der Waals surface area contributed by atoms with Crippen LogP contribution >= 0.6 is 11.3 Å². The molecule has 0 bridgehead atoms. The van der Waals surface area contributed by atoms with E-state index in [1.54, 1.807) is 36.4 Å². The van der Waals surface area contributed by atoms with Crippen molar-refractivity contribution in [2.24, 2.45) is 0 Å². The molecule has 1 saturated heterocycles. The maximum atomic E-state index is 13.1. The number of aryl methyl sites for hydroxylation is 2. The van der Waals surface area contributed by atoms with E-state index >= 15 is 0 Å². The molecule has 164 valence electrons. The first-order chi connectivity index (χ1) is 15.3. The summed E-state index contributed by atoms with van der Waals surface area (Å²) in [6, 6.07) is 12.0. The number of benzene rings is 2. The van der Waals surface area contributed by atoms with Crippen molar-refractivity contribution in [3.8, 4) is 11.5 Å². The number of nitrogens with zero attached hydrogens (tertiary/aromatic N) is 2. The van der Waals surface area contributed by atoms with E-state index in [0.29, 0.717) is 28.6 Å². The normalized spacial score (nSPS) is 17.7. The van der Waals surface area contributed by atoms with Gasteiger partial charge in [0.15, 0.2) is 5.13 Å². The zero-order valence-electron chi connectivity index (χ0n) is 17.8. The van der Waals surface area contributed by atoms with Gasteiger partial charge in [0.1, 0.15) is 17.3 Å². The second-order valence-electron chi connectivity index (χ2n) is 7.36. The maximum absolute atomic E-state index is 13.1. The van der Waals surface area contributed by atoms with Crippen molar-refractivity contribution < 1.29 is 24.5 Å². The van der Waals surface area contributed by atoms with Crippen molar-refractivity contribution in [1.82, 2.24) is 4.98 Å². The molecule has 2 heterocycles. The maximum Gasteiger partial charge on any atom is 0.301 e. The highest BCUT2D eigenvalue weighted by Crippen LogP contribution is 2.44. The molecule has 1 amide bonds. The van der Waals surface area contributed by atoms with E-state index < -0.39 is 17.7 Å². The molecule has 2 aromatic carbocycles. The van der Waals surface area contributed by atoms with Gasteiger partial charge in [-0.05, 0) is 62.7 Å². The highest BCUT2D eigenvalue weighted by atomic mass is 32.1. The van der Waals surface area contributed by atoms with E-state index in [-0.39, 0.29) is 17.1 Å². The lowest BCUT2D eigenvalue weighted by Crippen LogP contribution is -2.29. The van der Waals surface area contributed by atoms with Crippen molar-refractivity contribution >= 4 is 33.9 Å². The number of aromatic hydroxyl groups is 1. The van der Waals surface area contributed by atoms with Crippen LogP contribution in [0.25, 0.3) is 5.76 Å². The highest BCUT2D eigenvalue weighted by Gasteiger charge is 2.48. The molecular formula is C24H22N2O5S. The molecule has 1 atom stereocenters. The van der Waals surface area contributed by atoms with Crippen molar-refractivity contribution in [2.45, 2.75) is 26.8 Å². The molecule has 8 heteroatoms. The number of phenolic OH excluding ortho intramolecular Hbond substituents is 1. The van der Waals surface area contributed by atoms with Crippen molar-refractivity contribution in [2.75, 3.05) is 11.5 Å². The topological polar surface area (TPSA) is 100.0 Å². The molecule has 1 aliphatic rings. The number of rotatable bonds is 5. The number of ether oxygens (including phenoxy) is 1. The fourth-order valence-electron chi connectivity index (χ4n) is 3.63. The third-order valence-corrected chi connectivity index (χ3v) is 6.36. The number of anilines is 1. The quantitative estimate of drug-likeness (QED) is 0.338. The zero-order valence-corrected chi connectivity index (χ0v) is 18.6. The van der Waals surface area contributed by atoms with Crippen LogP contribution in [0.2, 0.25) is 0 Å². The Bertz CT molecular complexity index is 1210. The van der Waals surface area contributed by atoms with Crippen LogP contribution in [0.4, 0.5) is 5.13 Å². The summed E-state index contributed by atoms with van der Waals surface area (Å²) in [5.74, 6) is -1.27. The fourth-order valence-corrected chi connectivity index (χ4v) is 4.57. The molecule has 0 aliphatic carbocycles. The van der Waals surface area contributed by atoms with Crippen molar-refractivity contribution in [3.63, 3.8) is 0 Å². The lowest BCUT2D eigenvalue weighted by Gasteiger charge is -2.23. The Hall–Kier alpha value is -3.65. The molecule has 0 radical (unpaired) electrons. The summed E-state index contributed by atoms with van der Waals surface area (Å²) in [5, 5.41) is 21.5. The number of aliphatic hydroxyl groups excluding tert-OH is 1. The SMILES string of the molecule is CCOc1ccc(C(O)=C2C(=O)C(=O)N(c3nc(C)c(C)s3)[C@@H]2c2cccc(O)c2)cc1. The average molecular weight is 451 g/mol. The van der Waals surface area contributed by atoms with Crippen molar-refractivity contribution in [3.05, 3.63) is 75.8 Å². The van der Waals surface area contributed by atoms with Crippen LogP contribution in [0, 0.1) is 13.8 Å². The third-order valence-electron chi connectivity index (χ3n) is 5.29. The minimum atomic E-state index is -0.932. The van der Waals surface area contributed by atoms with Gasteiger partial charge in [0, 0.05) is 10.4 Å². The molecule has 0 unspecified atom stereocenters. The highest BCUT2D eigenvalue weighted by molar-refractivity contribution is 7.16. The minimum Gasteiger partial charge on any atom is -0.508 e. The Balaban J connectivity index is 1.90. The van der Waals surface area contributed by atoms with E-state index in [2.05, 4.69) is 4.98 Å². The summed E-state index contributed by atoms with van der Waals surface area (Å²) in [7, 11) is 0. The Labute approximate surface area is 189 Å². The van der Waals surface area contributed by atoms with E-state index in [1.807, 2.05) is 20.8 Å². The molecule has 1 aromatic heterocycles. The first-order valence-corrected chi connectivity index (χ1v) is 10.9. The summed E-state index contributed by atoms with van der Waals surface area (Å²) in [5.41, 5.74) is 1.56. The molecule has 7 nitrogen and oxygen atoms in total. The van der Waals surface area contributed by atoms with Crippen LogP contribution in [0.1, 0.15) is 34.7 Å².